The molecule has 0 unspecified atom stereocenters. The van der Waals surface area contributed by atoms with Gasteiger partial charge in [-0.2, -0.15) is 0 Å². The van der Waals surface area contributed by atoms with Crippen molar-refractivity contribution in [2.24, 2.45) is 0 Å². The van der Waals surface area contributed by atoms with Gasteiger partial charge in [-0.15, -0.1) is 0 Å². The molecule has 6 rings (SSSR count). The number of aryl methyl sites for hydroxylation is 6. The maximum absolute atomic E-state index is 3.00. The van der Waals surface area contributed by atoms with Gasteiger partial charge in [0.05, 0.1) is 15.8 Å². The van der Waals surface area contributed by atoms with Crippen LogP contribution in [0.25, 0.3) is 0 Å². The summed E-state index contributed by atoms with van der Waals surface area (Å²) in [5.41, 5.74) is 7.91. The number of rotatable bonds is 6. The molecule has 244 valence electrons. The van der Waals surface area contributed by atoms with Crippen molar-refractivity contribution in [1.82, 2.24) is 0 Å². The summed E-state index contributed by atoms with van der Waals surface area (Å²) in [6.07, 6.45) is 0. The van der Waals surface area contributed by atoms with Crippen molar-refractivity contribution >= 4 is 76.1 Å². The molecule has 0 saturated carbocycles. The van der Waals surface area contributed by atoms with E-state index in [4.69, 9.17) is 0 Å². The summed E-state index contributed by atoms with van der Waals surface area (Å²) in [6, 6.07) is 54.2. The van der Waals surface area contributed by atoms with Gasteiger partial charge in [-0.1, -0.05) is 106 Å². The minimum absolute atomic E-state index is 0.927. The molecule has 6 aromatic carbocycles. The van der Waals surface area contributed by atoms with Gasteiger partial charge < -0.3 is 0 Å². The molecule has 0 aromatic heterocycles. The topological polar surface area (TPSA) is 0 Å². The van der Waals surface area contributed by atoms with Crippen molar-refractivity contribution in [3.63, 3.8) is 0 Å². The van der Waals surface area contributed by atoms with Gasteiger partial charge in [0.25, 0.3) is 0 Å². The summed E-state index contributed by atoms with van der Waals surface area (Å²) in [5, 5.41) is 8.69. The Labute approximate surface area is 305 Å². The molecule has 47 heavy (non-hydrogen) atoms. The molecule has 0 spiro atoms. The van der Waals surface area contributed by atoms with Crippen LogP contribution < -0.4 is 31.8 Å². The molecule has 0 N–H and O–H groups in total. The van der Waals surface area contributed by atoms with E-state index in [1.807, 2.05) is 0 Å². The van der Waals surface area contributed by atoms with E-state index in [1.54, 1.807) is 0 Å². The third-order valence-electron chi connectivity index (χ3n) is 8.04. The maximum atomic E-state index is 3.00. The molecule has 0 saturated heterocycles. The molecule has 0 fully saturated rings. The van der Waals surface area contributed by atoms with E-state index in [0.29, 0.717) is 0 Å². The predicted molar refractivity (Wildman–Crippen MR) is 219 cm³/mol. The number of benzene rings is 6. The molecule has 0 bridgehead atoms. The molecule has 0 aliphatic carbocycles. The van der Waals surface area contributed by atoms with E-state index in [2.05, 4.69) is 216 Å². The number of halogens is 2. The zero-order valence-corrected chi connectivity index (χ0v) is 34.1. The Morgan fingerprint density at radius 3 is 0.489 bits per heavy atom. The van der Waals surface area contributed by atoms with Crippen LogP contribution in [0.3, 0.4) is 0 Å². The summed E-state index contributed by atoms with van der Waals surface area (Å²) in [4.78, 5) is 0. The number of hydrogen-bond donors (Lipinski definition) is 0. The Hall–Kier alpha value is -2.37. The normalized spacial score (nSPS) is 10.7. The zero-order valence-electron chi connectivity index (χ0n) is 27.9. The first-order valence-corrected chi connectivity index (χ1v) is 23.5. The van der Waals surface area contributed by atoms with Crippen molar-refractivity contribution in [3.8, 4) is 0 Å². The molecule has 0 aliphatic rings. The minimum atomic E-state index is -0.927. The second-order valence-electron chi connectivity index (χ2n) is 12.0. The molecule has 0 radical (unpaired) electrons. The summed E-state index contributed by atoms with van der Waals surface area (Å²) >= 11 is 6.00. The SMILES string of the molecule is Cc1ccc([PH+](c2ccc(C)cc2)c2ccc(C)cc2)cc1.Cc1ccc([PH+](c2ccc(C)cc2)c2ccc(C)cc2)cc1.[Br][Ni][Br]. The third-order valence-corrected chi connectivity index (χ3v) is 13.5. The monoisotopic (exact) mass is 826 g/mol. The second kappa shape index (κ2) is 19.0. The fourth-order valence-corrected chi connectivity index (χ4v) is 10.3. The molecule has 0 atom stereocenters. The molecular weight excluding hydrogens is 785 g/mol. The fourth-order valence-electron chi connectivity index (χ4n) is 5.32. The van der Waals surface area contributed by atoms with Crippen molar-refractivity contribution in [2.75, 3.05) is 0 Å². The average Bonchev–Trinajstić information content (AvgIpc) is 3.07. The van der Waals surface area contributed by atoms with Crippen LogP contribution in [0.1, 0.15) is 33.4 Å². The van der Waals surface area contributed by atoms with Gasteiger partial charge in [-0.3, -0.25) is 0 Å². The number of hydrogen-bond acceptors (Lipinski definition) is 0. The summed E-state index contributed by atoms with van der Waals surface area (Å²) in [7, 11) is -0.604. The van der Waals surface area contributed by atoms with Crippen LogP contribution >= 0.6 is 44.3 Å². The van der Waals surface area contributed by atoms with Crippen LogP contribution in [0, 0.1) is 41.5 Å². The van der Waals surface area contributed by atoms with Crippen LogP contribution in [-0.4, -0.2) is 0 Å². The van der Waals surface area contributed by atoms with Gasteiger partial charge in [-0.05, 0) is 114 Å². The Balaban J connectivity index is 0.000000197. The molecule has 0 heterocycles. The van der Waals surface area contributed by atoms with E-state index in [-0.39, 0.29) is 0 Å². The molecule has 0 nitrogen and oxygen atoms in total. The summed E-state index contributed by atoms with van der Waals surface area (Å²) in [5.74, 6) is 0. The van der Waals surface area contributed by atoms with Crippen LogP contribution in [0.2, 0.25) is 0 Å². The van der Waals surface area contributed by atoms with Gasteiger partial charge >= 0.3 is 39.3 Å². The molecule has 0 aliphatic heterocycles. The Morgan fingerprint density at radius 1 is 0.277 bits per heavy atom. The van der Waals surface area contributed by atoms with E-state index in [9.17, 15) is 0 Å². The van der Waals surface area contributed by atoms with Crippen LogP contribution in [0.5, 0.6) is 0 Å². The quantitative estimate of drug-likeness (QED) is 0.116. The van der Waals surface area contributed by atoms with Gasteiger partial charge in [0.15, 0.2) is 0 Å². The fraction of sp³-hybridized carbons (Fsp3) is 0.143. The second-order valence-corrected chi connectivity index (χ2v) is 21.9. The third kappa shape index (κ3) is 11.3. The van der Waals surface area contributed by atoms with Gasteiger partial charge in [-0.25, -0.2) is 0 Å². The van der Waals surface area contributed by atoms with Gasteiger partial charge in [0.2, 0.25) is 0 Å². The molecule has 0 amide bonds. The Morgan fingerprint density at radius 2 is 0.383 bits per heavy atom. The predicted octanol–water partition coefficient (Wildman–Crippen LogP) is 9.89. The first-order valence-electron chi connectivity index (χ1n) is 15.7. The van der Waals surface area contributed by atoms with Crippen molar-refractivity contribution in [3.05, 3.63) is 179 Å². The van der Waals surface area contributed by atoms with E-state index in [1.165, 1.54) is 76.1 Å². The van der Waals surface area contributed by atoms with E-state index >= 15 is 0 Å². The molecule has 5 heteroatoms. The standard InChI is InChI=1S/2C21H21P.2BrH.Ni/c2*1-16-4-10-19(11-5-16)22(20-12-6-17(2)7-13-20)21-14-8-18(3)9-15-21;;;/h2*4-15H,1-3H3;2*1H;/q;;;;+2. The van der Waals surface area contributed by atoms with E-state index in [0.717, 1.165) is 0 Å². The van der Waals surface area contributed by atoms with E-state index < -0.39 is 15.8 Å². The van der Waals surface area contributed by atoms with Crippen LogP contribution in [0.15, 0.2) is 146 Å². The Kier molecular flexibility index (Phi) is 15.1. The zero-order chi connectivity index (χ0) is 33.8. The van der Waals surface area contributed by atoms with Crippen molar-refractivity contribution < 1.29 is 10.9 Å². The average molecular weight is 829 g/mol. The first-order chi connectivity index (χ1) is 22.7. The molecule has 6 aromatic rings. The van der Waals surface area contributed by atoms with Gasteiger partial charge in [0.1, 0.15) is 31.8 Å². The van der Waals surface area contributed by atoms with Crippen LogP contribution in [0.4, 0.5) is 0 Å². The Bertz CT molecular complexity index is 1430. The van der Waals surface area contributed by atoms with Crippen molar-refractivity contribution in [2.45, 2.75) is 41.5 Å². The summed E-state index contributed by atoms with van der Waals surface area (Å²) < 4.78 is 0. The van der Waals surface area contributed by atoms with Gasteiger partial charge in [0, 0.05) is 0 Å². The van der Waals surface area contributed by atoms with Crippen LogP contribution in [-0.2, 0) is 10.9 Å². The first kappa shape index (κ1) is 37.5. The molecular formula is C42H44Br2NiP2+2. The van der Waals surface area contributed by atoms with Crippen molar-refractivity contribution in [1.29, 1.82) is 0 Å². The summed E-state index contributed by atoms with van der Waals surface area (Å²) in [6.45, 7) is 12.9.